The molecule has 1 aliphatic rings. The van der Waals surface area contributed by atoms with E-state index < -0.39 is 5.97 Å². The number of aliphatic carboxylic acids is 1. The summed E-state index contributed by atoms with van der Waals surface area (Å²) in [5, 5.41) is 8.58. The summed E-state index contributed by atoms with van der Waals surface area (Å²) in [7, 11) is 0. The van der Waals surface area contributed by atoms with Crippen LogP contribution in [0.25, 0.3) is 0 Å². The van der Waals surface area contributed by atoms with Crippen LogP contribution in [0.15, 0.2) is 24.3 Å². The third kappa shape index (κ3) is 3.47. The molecule has 0 bridgehead atoms. The van der Waals surface area contributed by atoms with Crippen LogP contribution >= 0.6 is 0 Å². The van der Waals surface area contributed by atoms with Gasteiger partial charge in [-0.25, -0.2) is 0 Å². The maximum absolute atomic E-state index is 12.3. The first kappa shape index (κ1) is 13.4. The second-order valence-corrected chi connectivity index (χ2v) is 4.49. The molecule has 0 unspecified atom stereocenters. The van der Waals surface area contributed by atoms with Crippen LogP contribution in [0, 0.1) is 0 Å². The van der Waals surface area contributed by atoms with Crippen molar-refractivity contribution in [3.05, 3.63) is 29.8 Å². The number of carbonyl (C=O) groups is 2. The lowest BCUT2D eigenvalue weighted by Gasteiger charge is -2.19. The lowest BCUT2D eigenvalue weighted by atomic mass is 10.1. The van der Waals surface area contributed by atoms with Crippen LogP contribution in [0.3, 0.4) is 0 Å². The largest absolute Gasteiger partial charge is 0.491 e. The highest BCUT2D eigenvalue weighted by Gasteiger charge is 2.22. The smallest absolute Gasteiger partial charge is 0.303 e. The van der Waals surface area contributed by atoms with Crippen molar-refractivity contribution >= 4 is 11.9 Å². The van der Waals surface area contributed by atoms with E-state index in [1.807, 2.05) is 12.1 Å². The Morgan fingerprint density at radius 3 is 2.89 bits per heavy atom. The van der Waals surface area contributed by atoms with E-state index in [1.54, 1.807) is 17.0 Å². The number of carboxylic acid groups (broad SMARTS) is 1. The van der Waals surface area contributed by atoms with E-state index >= 15 is 0 Å². The third-order valence-electron chi connectivity index (χ3n) is 3.09. The number of carbonyl (C=O) groups excluding carboxylic acids is 1. The standard InChI is InChI=1S/C14H17NO4/c16-13(17)7-3-4-8-15-9-10-19-12-6-2-1-5-11(12)14(15)18/h1-2,5-6H,3-4,7-10H2,(H,16,17). The number of benzene rings is 1. The van der Waals surface area contributed by atoms with Gasteiger partial charge in [0.05, 0.1) is 12.1 Å². The monoisotopic (exact) mass is 263 g/mol. The molecule has 0 spiro atoms. The van der Waals surface area contributed by atoms with Crippen LogP contribution in [-0.4, -0.2) is 41.6 Å². The highest BCUT2D eigenvalue weighted by atomic mass is 16.5. The van der Waals surface area contributed by atoms with Crippen LogP contribution in [0.4, 0.5) is 0 Å². The molecule has 19 heavy (non-hydrogen) atoms. The molecule has 0 saturated heterocycles. The van der Waals surface area contributed by atoms with Gasteiger partial charge in [-0.1, -0.05) is 12.1 Å². The highest BCUT2D eigenvalue weighted by molar-refractivity contribution is 5.97. The predicted molar refractivity (Wildman–Crippen MR) is 69.3 cm³/mol. The molecule has 0 aromatic heterocycles. The zero-order valence-electron chi connectivity index (χ0n) is 10.7. The number of carboxylic acids is 1. The molecular formula is C14H17NO4. The van der Waals surface area contributed by atoms with E-state index in [0.29, 0.717) is 43.9 Å². The Kier molecular flexibility index (Phi) is 4.39. The molecule has 0 atom stereocenters. The quantitative estimate of drug-likeness (QED) is 0.822. The van der Waals surface area contributed by atoms with Crippen molar-refractivity contribution in [2.45, 2.75) is 19.3 Å². The van der Waals surface area contributed by atoms with Crippen molar-refractivity contribution in [1.29, 1.82) is 0 Å². The molecule has 2 rings (SSSR count). The lowest BCUT2D eigenvalue weighted by Crippen LogP contribution is -2.33. The molecule has 5 nitrogen and oxygen atoms in total. The molecule has 0 radical (unpaired) electrons. The fraction of sp³-hybridized carbons (Fsp3) is 0.429. The second kappa shape index (κ2) is 6.22. The minimum atomic E-state index is -0.795. The number of nitrogens with zero attached hydrogens (tertiary/aromatic N) is 1. The first-order valence-electron chi connectivity index (χ1n) is 6.41. The number of unbranched alkanes of at least 4 members (excludes halogenated alkanes) is 1. The van der Waals surface area contributed by atoms with Crippen molar-refractivity contribution < 1.29 is 19.4 Å². The number of fused-ring (bicyclic) bond motifs is 1. The van der Waals surface area contributed by atoms with Gasteiger partial charge in [-0.05, 0) is 25.0 Å². The maximum atomic E-state index is 12.3. The Labute approximate surface area is 111 Å². The fourth-order valence-corrected chi connectivity index (χ4v) is 2.10. The topological polar surface area (TPSA) is 66.8 Å². The first-order valence-corrected chi connectivity index (χ1v) is 6.41. The Bertz CT molecular complexity index is 472. The summed E-state index contributed by atoms with van der Waals surface area (Å²) >= 11 is 0. The van der Waals surface area contributed by atoms with E-state index in [1.165, 1.54) is 0 Å². The van der Waals surface area contributed by atoms with Gasteiger partial charge in [0.2, 0.25) is 0 Å². The minimum absolute atomic E-state index is 0.0385. The molecular weight excluding hydrogens is 246 g/mol. The molecule has 1 aromatic carbocycles. The van der Waals surface area contributed by atoms with Gasteiger partial charge < -0.3 is 14.7 Å². The Hall–Kier alpha value is -2.04. The fourth-order valence-electron chi connectivity index (χ4n) is 2.10. The van der Waals surface area contributed by atoms with Gasteiger partial charge in [-0.3, -0.25) is 9.59 Å². The van der Waals surface area contributed by atoms with E-state index in [4.69, 9.17) is 9.84 Å². The third-order valence-corrected chi connectivity index (χ3v) is 3.09. The van der Waals surface area contributed by atoms with Gasteiger partial charge in [-0.15, -0.1) is 0 Å². The van der Waals surface area contributed by atoms with E-state index in [9.17, 15) is 9.59 Å². The van der Waals surface area contributed by atoms with Crippen molar-refractivity contribution in [2.75, 3.05) is 19.7 Å². The van der Waals surface area contributed by atoms with Gasteiger partial charge in [0.15, 0.2) is 0 Å². The number of para-hydroxylation sites is 1. The summed E-state index contributed by atoms with van der Waals surface area (Å²) in [6.07, 6.45) is 1.43. The molecule has 0 aliphatic carbocycles. The van der Waals surface area contributed by atoms with Crippen molar-refractivity contribution in [1.82, 2.24) is 4.90 Å². The molecule has 102 valence electrons. The average Bonchev–Trinajstić information content (AvgIpc) is 2.55. The lowest BCUT2D eigenvalue weighted by molar-refractivity contribution is -0.137. The van der Waals surface area contributed by atoms with Crippen molar-refractivity contribution in [3.63, 3.8) is 0 Å². The molecule has 1 aliphatic heterocycles. The number of amides is 1. The summed E-state index contributed by atoms with van der Waals surface area (Å²) in [5.74, 6) is -0.208. The van der Waals surface area contributed by atoms with Crippen molar-refractivity contribution in [3.8, 4) is 5.75 Å². The normalized spacial score (nSPS) is 14.5. The van der Waals surface area contributed by atoms with Crippen LogP contribution in [0.1, 0.15) is 29.6 Å². The molecule has 0 fully saturated rings. The second-order valence-electron chi connectivity index (χ2n) is 4.49. The number of hydrogen-bond donors (Lipinski definition) is 1. The Morgan fingerprint density at radius 2 is 2.11 bits per heavy atom. The SMILES string of the molecule is O=C(O)CCCCN1CCOc2ccccc2C1=O. The van der Waals surface area contributed by atoms with Gasteiger partial charge in [-0.2, -0.15) is 0 Å². The molecule has 1 heterocycles. The van der Waals surface area contributed by atoms with Crippen molar-refractivity contribution in [2.24, 2.45) is 0 Å². The zero-order chi connectivity index (χ0) is 13.7. The molecule has 5 heteroatoms. The van der Waals surface area contributed by atoms with Gasteiger partial charge in [0.25, 0.3) is 5.91 Å². The van der Waals surface area contributed by atoms with Crippen LogP contribution in [0.5, 0.6) is 5.75 Å². The minimum Gasteiger partial charge on any atom is -0.491 e. The average molecular weight is 263 g/mol. The van der Waals surface area contributed by atoms with E-state index in [0.717, 1.165) is 0 Å². The predicted octanol–water partition coefficient (Wildman–Crippen LogP) is 1.78. The number of ether oxygens (including phenoxy) is 1. The van der Waals surface area contributed by atoms with Crippen LogP contribution < -0.4 is 4.74 Å². The first-order chi connectivity index (χ1) is 9.18. The van der Waals surface area contributed by atoms with E-state index in [2.05, 4.69) is 0 Å². The van der Waals surface area contributed by atoms with Gasteiger partial charge >= 0.3 is 5.97 Å². The van der Waals surface area contributed by atoms with Crippen LogP contribution in [0.2, 0.25) is 0 Å². The Balaban J connectivity index is 1.95. The van der Waals surface area contributed by atoms with E-state index in [-0.39, 0.29) is 12.3 Å². The number of rotatable bonds is 5. The summed E-state index contributed by atoms with van der Waals surface area (Å²) in [5.41, 5.74) is 0.582. The highest BCUT2D eigenvalue weighted by Crippen LogP contribution is 2.22. The summed E-state index contributed by atoms with van der Waals surface area (Å²) < 4.78 is 5.54. The molecule has 1 N–H and O–H groups in total. The molecule has 1 aromatic rings. The summed E-state index contributed by atoms with van der Waals surface area (Å²) in [6, 6.07) is 7.21. The Morgan fingerprint density at radius 1 is 1.32 bits per heavy atom. The summed E-state index contributed by atoms with van der Waals surface area (Å²) in [4.78, 5) is 24.5. The van der Waals surface area contributed by atoms with Gasteiger partial charge in [0.1, 0.15) is 12.4 Å². The van der Waals surface area contributed by atoms with Crippen LogP contribution in [-0.2, 0) is 4.79 Å². The van der Waals surface area contributed by atoms with Gasteiger partial charge in [0, 0.05) is 13.0 Å². The summed E-state index contributed by atoms with van der Waals surface area (Å²) in [6.45, 7) is 1.59. The zero-order valence-corrected chi connectivity index (χ0v) is 10.7. The number of hydrogen-bond acceptors (Lipinski definition) is 3. The molecule has 1 amide bonds. The molecule has 0 saturated carbocycles. The maximum Gasteiger partial charge on any atom is 0.303 e.